The number of ether oxygens (including phenoxy) is 1. The fourth-order valence-corrected chi connectivity index (χ4v) is 3.81. The lowest BCUT2D eigenvalue weighted by Crippen LogP contribution is -2.16. The molecule has 0 unspecified atom stereocenters. The fraction of sp³-hybridized carbons (Fsp3) is 0.0526. The second-order valence-corrected chi connectivity index (χ2v) is 7.42. The van der Waals surface area contributed by atoms with E-state index in [4.69, 9.17) is 4.74 Å². The van der Waals surface area contributed by atoms with E-state index in [9.17, 15) is 14.7 Å². The average molecular weight is 511 g/mol. The van der Waals surface area contributed by atoms with Gasteiger partial charge in [-0.15, -0.1) is 0 Å². The quantitative estimate of drug-likeness (QED) is 0.578. The van der Waals surface area contributed by atoms with Crippen LogP contribution >= 0.6 is 38.5 Å². The van der Waals surface area contributed by atoms with Crippen LogP contribution in [0, 0.1) is 0 Å². The van der Waals surface area contributed by atoms with E-state index in [1.54, 1.807) is 30.3 Å². The third kappa shape index (κ3) is 2.93. The molecular formula is C19H12BrIO4. The Hall–Kier alpha value is -1.93. The smallest absolute Gasteiger partial charge is 0.200 e. The summed E-state index contributed by atoms with van der Waals surface area (Å²) in [5.41, 5.74) is 2.08. The molecule has 0 aliphatic heterocycles. The van der Waals surface area contributed by atoms with Crippen LogP contribution < -0.4 is 4.74 Å². The van der Waals surface area contributed by atoms with Crippen LogP contribution in [0.5, 0.6) is 11.5 Å². The maximum atomic E-state index is 12.8. The van der Waals surface area contributed by atoms with Crippen molar-refractivity contribution in [1.82, 2.24) is 0 Å². The first-order chi connectivity index (χ1) is 11.9. The van der Waals surface area contributed by atoms with Gasteiger partial charge in [0.15, 0.2) is 17.3 Å². The van der Waals surface area contributed by atoms with Crippen molar-refractivity contribution in [3.63, 3.8) is 0 Å². The molecule has 0 aromatic heterocycles. The number of carbonyl (C=O) groups is 2. The van der Waals surface area contributed by atoms with Gasteiger partial charge in [0, 0.05) is 32.8 Å². The molecule has 3 rings (SSSR count). The van der Waals surface area contributed by atoms with Gasteiger partial charge in [-0.3, -0.25) is 9.59 Å². The molecule has 0 saturated carbocycles. The lowest BCUT2D eigenvalue weighted by atomic mass is 9.84. The molecule has 0 amide bonds. The number of Topliss-reactive ketones (excluding diaryl/α,β-unsaturated/α-hetero) is 1. The first-order valence-electron chi connectivity index (χ1n) is 7.21. The average Bonchev–Trinajstić information content (AvgIpc) is 2.60. The van der Waals surface area contributed by atoms with Gasteiger partial charge in [-0.05, 0) is 46.4 Å². The number of hydrogen-bond acceptors (Lipinski definition) is 4. The minimum absolute atomic E-state index is 0.105. The molecule has 0 bridgehead atoms. The molecule has 0 spiro atoms. The molecule has 2 aromatic rings. The number of hydrogen-bond donors (Lipinski definition) is 1. The molecule has 4 nitrogen and oxygen atoms in total. The molecule has 0 fully saturated rings. The molecule has 6 heteroatoms. The number of phenols is 1. The van der Waals surface area contributed by atoms with Crippen molar-refractivity contribution in [3.05, 3.63) is 61.7 Å². The van der Waals surface area contributed by atoms with E-state index in [1.165, 1.54) is 13.2 Å². The van der Waals surface area contributed by atoms with Crippen LogP contribution in [0.1, 0.15) is 26.3 Å². The van der Waals surface area contributed by atoms with Crippen LogP contribution in [0.2, 0.25) is 0 Å². The van der Waals surface area contributed by atoms with Gasteiger partial charge in [-0.2, -0.15) is 0 Å². The second-order valence-electron chi connectivity index (χ2n) is 5.35. The fourth-order valence-electron chi connectivity index (χ4n) is 2.82. The highest BCUT2D eigenvalue weighted by atomic mass is 127. The monoisotopic (exact) mass is 510 g/mol. The van der Waals surface area contributed by atoms with Gasteiger partial charge in [0.1, 0.15) is 0 Å². The number of benzene rings is 2. The van der Waals surface area contributed by atoms with Crippen molar-refractivity contribution in [3.8, 4) is 22.6 Å². The number of rotatable bonds is 3. The van der Waals surface area contributed by atoms with E-state index in [0.717, 1.165) is 0 Å². The number of allylic oxidation sites excluding steroid dienone is 2. The Kier molecular flexibility index (Phi) is 4.83. The molecule has 2 aromatic carbocycles. The zero-order chi connectivity index (χ0) is 18.3. The summed E-state index contributed by atoms with van der Waals surface area (Å²) in [5, 5.41) is 10.6. The molecule has 1 N–H and O–H groups in total. The van der Waals surface area contributed by atoms with Crippen LogP contribution in [0.3, 0.4) is 0 Å². The zero-order valence-electron chi connectivity index (χ0n) is 13.1. The van der Waals surface area contributed by atoms with Crippen molar-refractivity contribution in [2.75, 3.05) is 7.11 Å². The molecule has 126 valence electrons. The summed E-state index contributed by atoms with van der Waals surface area (Å²) in [7, 11) is 1.44. The molecule has 1 aliphatic rings. The minimum Gasteiger partial charge on any atom is -0.504 e. The van der Waals surface area contributed by atoms with Crippen molar-refractivity contribution in [2.24, 2.45) is 0 Å². The lowest BCUT2D eigenvalue weighted by Gasteiger charge is -2.20. The summed E-state index contributed by atoms with van der Waals surface area (Å²) in [6.45, 7) is 3.79. The van der Waals surface area contributed by atoms with Crippen LogP contribution in [-0.2, 0) is 0 Å². The maximum Gasteiger partial charge on any atom is 0.200 e. The number of aromatic hydroxyl groups is 1. The van der Waals surface area contributed by atoms with Crippen LogP contribution in [0.15, 0.2) is 45.0 Å². The van der Waals surface area contributed by atoms with Crippen molar-refractivity contribution in [2.45, 2.75) is 0 Å². The molecule has 0 heterocycles. The summed E-state index contributed by atoms with van der Waals surface area (Å²) in [5.74, 6) is -0.339. The van der Waals surface area contributed by atoms with E-state index in [2.05, 4.69) is 22.5 Å². The highest BCUT2D eigenvalue weighted by Gasteiger charge is 2.30. The van der Waals surface area contributed by atoms with Crippen molar-refractivity contribution in [1.29, 1.82) is 0 Å². The number of fused-ring (bicyclic) bond motifs is 1. The largest absolute Gasteiger partial charge is 0.504 e. The predicted molar refractivity (Wildman–Crippen MR) is 109 cm³/mol. The van der Waals surface area contributed by atoms with Gasteiger partial charge in [0.25, 0.3) is 0 Å². The number of halogens is 2. The Morgan fingerprint density at radius 1 is 1.20 bits per heavy atom. The predicted octanol–water partition coefficient (Wildman–Crippen LogP) is 5.17. The molecule has 0 atom stereocenters. The van der Waals surface area contributed by atoms with Crippen molar-refractivity contribution >= 4 is 56.2 Å². The first kappa shape index (κ1) is 17.9. The number of phenolic OH excluding ortho intramolecular Hbond substituents is 1. The highest BCUT2D eigenvalue weighted by molar-refractivity contribution is 14.1. The Labute approximate surface area is 166 Å². The third-order valence-electron chi connectivity index (χ3n) is 3.95. The van der Waals surface area contributed by atoms with E-state index < -0.39 is 0 Å². The second kappa shape index (κ2) is 6.76. The highest BCUT2D eigenvalue weighted by Crippen LogP contribution is 2.45. The lowest BCUT2D eigenvalue weighted by molar-refractivity contribution is 0.0993. The standard InChI is InChI=1S/C19H12BrIO4/c1-3-9-4-5-11-14(22)8-13(21)19(24)17(11)16(9)12-6-10(20)7-15(25-2)18(12)23/h3-8,23H,1H2,2H3. The Morgan fingerprint density at radius 3 is 2.56 bits per heavy atom. The molecule has 0 radical (unpaired) electrons. The Morgan fingerprint density at radius 2 is 1.92 bits per heavy atom. The van der Waals surface area contributed by atoms with E-state index in [1.807, 2.05) is 22.6 Å². The summed E-state index contributed by atoms with van der Waals surface area (Å²) >= 11 is 5.24. The number of carbonyl (C=O) groups excluding carboxylic acids is 2. The number of methoxy groups -OCH3 is 1. The van der Waals surface area contributed by atoms with Gasteiger partial charge in [0.05, 0.1) is 10.7 Å². The van der Waals surface area contributed by atoms with Gasteiger partial charge in [-0.25, -0.2) is 0 Å². The van der Waals surface area contributed by atoms with Gasteiger partial charge in [-0.1, -0.05) is 34.7 Å². The summed E-state index contributed by atoms with van der Waals surface area (Å²) in [6.07, 6.45) is 2.91. The van der Waals surface area contributed by atoms with Crippen LogP contribution in [-0.4, -0.2) is 23.8 Å². The SMILES string of the molecule is C=Cc1ccc2c(c1-c1cc(Br)cc(OC)c1O)C(=O)C(I)=CC2=O. The summed E-state index contributed by atoms with van der Waals surface area (Å²) < 4.78 is 6.21. The molecule has 25 heavy (non-hydrogen) atoms. The molecular weight excluding hydrogens is 499 g/mol. The van der Waals surface area contributed by atoms with E-state index in [-0.39, 0.29) is 28.6 Å². The van der Waals surface area contributed by atoms with Crippen LogP contribution in [0.25, 0.3) is 17.2 Å². The van der Waals surface area contributed by atoms with Gasteiger partial charge >= 0.3 is 0 Å². The third-order valence-corrected chi connectivity index (χ3v) is 5.21. The molecule has 0 saturated heterocycles. The Balaban J connectivity index is 2.45. The Bertz CT molecular complexity index is 976. The first-order valence-corrected chi connectivity index (χ1v) is 9.08. The van der Waals surface area contributed by atoms with E-state index in [0.29, 0.717) is 30.3 Å². The van der Waals surface area contributed by atoms with Gasteiger partial charge < -0.3 is 9.84 Å². The van der Waals surface area contributed by atoms with E-state index >= 15 is 0 Å². The number of ketones is 2. The minimum atomic E-state index is -0.257. The topological polar surface area (TPSA) is 63.6 Å². The summed E-state index contributed by atoms with van der Waals surface area (Å²) in [4.78, 5) is 25.1. The zero-order valence-corrected chi connectivity index (χ0v) is 16.8. The van der Waals surface area contributed by atoms with Crippen molar-refractivity contribution < 1.29 is 19.4 Å². The maximum absolute atomic E-state index is 12.8. The molecule has 1 aliphatic carbocycles. The normalized spacial score (nSPS) is 13.3. The van der Waals surface area contributed by atoms with Gasteiger partial charge in [0.2, 0.25) is 5.78 Å². The van der Waals surface area contributed by atoms with Crippen LogP contribution in [0.4, 0.5) is 0 Å². The summed E-state index contributed by atoms with van der Waals surface area (Å²) in [6, 6.07) is 6.63.